The lowest BCUT2D eigenvalue weighted by Gasteiger charge is -2.70. The third-order valence-electron chi connectivity index (χ3n) is 16.6. The monoisotopic (exact) mass is 916 g/mol. The molecule has 0 amide bonds. The van der Waals surface area contributed by atoms with Gasteiger partial charge in [0.25, 0.3) is 3.79 Å². The number of methoxy groups -OCH3 is 1. The van der Waals surface area contributed by atoms with Crippen LogP contribution in [-0.2, 0) is 61.9 Å². The first kappa shape index (κ1) is 48.0. The number of allylic oxidation sites excluding steroid dienone is 2. The highest BCUT2D eigenvalue weighted by molar-refractivity contribution is 6.75. The highest BCUT2D eigenvalue weighted by Crippen LogP contribution is 2.75. The molecule has 5 fully saturated rings. The van der Waals surface area contributed by atoms with Crippen molar-refractivity contribution in [2.24, 2.45) is 50.2 Å². The van der Waals surface area contributed by atoms with Crippen LogP contribution in [0, 0.1) is 50.2 Å². The molecule has 0 spiro atoms. The second-order valence-electron chi connectivity index (χ2n) is 20.6. The zero-order valence-electron chi connectivity index (χ0n) is 37.3. The Hall–Kier alpha value is -2.45. The number of halogens is 3. The van der Waals surface area contributed by atoms with E-state index >= 15 is 4.79 Å². The molecule has 0 aromatic heterocycles. The van der Waals surface area contributed by atoms with Crippen LogP contribution >= 0.6 is 34.8 Å². The highest BCUT2D eigenvalue weighted by Gasteiger charge is 2.71. The lowest BCUT2D eigenvalue weighted by atomic mass is 9.33. The van der Waals surface area contributed by atoms with E-state index in [1.807, 2.05) is 13.0 Å². The van der Waals surface area contributed by atoms with Crippen LogP contribution in [0.3, 0.4) is 0 Å². The van der Waals surface area contributed by atoms with Gasteiger partial charge in [0.05, 0.1) is 18.6 Å². The molecule has 13 nitrogen and oxygen atoms in total. The Balaban J connectivity index is 1.34. The summed E-state index contributed by atoms with van der Waals surface area (Å²) >= 11 is 17.8. The number of fused-ring (bicyclic) bond motifs is 7. The van der Waals surface area contributed by atoms with Gasteiger partial charge in [0, 0.05) is 26.7 Å². The van der Waals surface area contributed by atoms with Gasteiger partial charge in [-0.25, -0.2) is 4.79 Å². The van der Waals surface area contributed by atoms with Crippen molar-refractivity contribution in [3.63, 3.8) is 0 Å². The fourth-order valence-corrected chi connectivity index (χ4v) is 13.4. The number of carbonyl (C=O) groups is 6. The van der Waals surface area contributed by atoms with E-state index in [-0.39, 0.29) is 45.8 Å². The van der Waals surface area contributed by atoms with E-state index in [9.17, 15) is 24.0 Å². The van der Waals surface area contributed by atoms with Crippen molar-refractivity contribution in [1.29, 1.82) is 0 Å². The smallest absolute Gasteiger partial charge is 0.359 e. The Morgan fingerprint density at radius 2 is 1.41 bits per heavy atom. The Morgan fingerprint density at radius 3 is 2.00 bits per heavy atom. The van der Waals surface area contributed by atoms with Crippen LogP contribution < -0.4 is 0 Å². The molecule has 0 radical (unpaired) electrons. The van der Waals surface area contributed by atoms with Crippen LogP contribution in [0.15, 0.2) is 11.6 Å². The number of esters is 5. The van der Waals surface area contributed by atoms with E-state index in [1.165, 1.54) is 19.6 Å². The zero-order chi connectivity index (χ0) is 45.5. The number of hydrogen-bond acceptors (Lipinski definition) is 13. The van der Waals surface area contributed by atoms with Gasteiger partial charge in [-0.05, 0) is 110 Å². The third kappa shape index (κ3) is 8.27. The van der Waals surface area contributed by atoms with Gasteiger partial charge < -0.3 is 33.2 Å². The average molecular weight is 918 g/mol. The van der Waals surface area contributed by atoms with Crippen LogP contribution in [0.4, 0.5) is 0 Å². The van der Waals surface area contributed by atoms with Gasteiger partial charge in [-0.3, -0.25) is 24.0 Å². The molecule has 6 aliphatic rings. The van der Waals surface area contributed by atoms with Crippen molar-refractivity contribution >= 4 is 70.4 Å². The number of alkyl halides is 3. The Morgan fingerprint density at radius 1 is 0.787 bits per heavy atom. The molecule has 14 atom stereocenters. The maximum absolute atomic E-state index is 15.0. The Kier molecular flexibility index (Phi) is 13.0. The van der Waals surface area contributed by atoms with Crippen molar-refractivity contribution in [3.05, 3.63) is 11.6 Å². The lowest BCUT2D eigenvalue weighted by molar-refractivity contribution is -0.332. The van der Waals surface area contributed by atoms with Crippen molar-refractivity contribution in [2.75, 3.05) is 13.7 Å². The summed E-state index contributed by atoms with van der Waals surface area (Å²) in [7, 11) is 1.45. The Labute approximate surface area is 374 Å². The molecule has 4 saturated carbocycles. The molecular formula is C45H63Cl3O13. The summed E-state index contributed by atoms with van der Waals surface area (Å²) in [5, 5.41) is 0. The van der Waals surface area contributed by atoms with Gasteiger partial charge in [0.1, 0.15) is 12.7 Å². The van der Waals surface area contributed by atoms with E-state index in [4.69, 9.17) is 68.0 Å². The van der Waals surface area contributed by atoms with Crippen LogP contribution in [0.2, 0.25) is 0 Å². The molecule has 0 unspecified atom stereocenters. The standard InChI is InChI=1S/C45H63Cl3O13/c1-23(49)56-22-29-32(57-24(2)50)33(58-25(3)51)34(61-38(54)45(46,47)48)36(59-29)60-31-13-14-42(8)30(39(31,4)5)12-15-44(10)35(42)28(52)20-26-27-21-41(7,37(53)55-11)17-16-40(27,6)18-19-43(26,44)9/h20,27,29-36H,12-19,21-22H2,1-11H3/t27-,29-,30+,31+,32+,33+,34-,35-,36+,40-,41+,42+,43-,44-/m1/s1. The van der Waals surface area contributed by atoms with Gasteiger partial charge in [0.2, 0.25) is 0 Å². The molecule has 61 heavy (non-hydrogen) atoms. The van der Waals surface area contributed by atoms with Gasteiger partial charge in [-0.2, -0.15) is 0 Å². The number of ether oxygens (including phenoxy) is 7. The normalized spacial score (nSPS) is 42.8. The quantitative estimate of drug-likeness (QED) is 0.0997. The van der Waals surface area contributed by atoms with E-state index in [0.29, 0.717) is 19.3 Å². The molecule has 1 aliphatic heterocycles. The van der Waals surface area contributed by atoms with Crippen molar-refractivity contribution in [3.8, 4) is 0 Å². The van der Waals surface area contributed by atoms with Gasteiger partial charge >= 0.3 is 29.8 Å². The highest BCUT2D eigenvalue weighted by atomic mass is 35.6. The number of hydrogen-bond donors (Lipinski definition) is 0. The van der Waals surface area contributed by atoms with E-state index in [1.54, 1.807) is 0 Å². The van der Waals surface area contributed by atoms with E-state index < -0.39 is 87.3 Å². The molecule has 342 valence electrons. The van der Waals surface area contributed by atoms with Crippen LogP contribution in [-0.4, -0.2) is 89.9 Å². The first-order valence-corrected chi connectivity index (χ1v) is 22.6. The molecule has 0 bridgehead atoms. The SMILES string of the molecule is COC(=O)[C@@]1(C)CC[C@]2(C)CC[C@]3(C)C(=CC(=O)[C@@H]4[C@@]5(C)CC[C@H](O[C@@H]6O[C@H](COC(C)=O)[C@H](OC(C)=O)[C@H](OC(C)=O)[C@H]6OC(=O)C(Cl)(Cl)Cl)C(C)(C)[C@@H]5CC[C@]43C)[C@H]2C1. The topological polar surface area (TPSA) is 167 Å². The second-order valence-corrected chi connectivity index (χ2v) is 22.9. The summed E-state index contributed by atoms with van der Waals surface area (Å²) < 4.78 is 38.1. The molecule has 0 aromatic rings. The Bertz CT molecular complexity index is 1840. The van der Waals surface area contributed by atoms with Gasteiger partial charge in [-0.15, -0.1) is 0 Å². The van der Waals surface area contributed by atoms with Gasteiger partial charge in [-0.1, -0.05) is 81.9 Å². The molecular weight excluding hydrogens is 855 g/mol. The van der Waals surface area contributed by atoms with Crippen molar-refractivity contribution in [2.45, 2.75) is 168 Å². The van der Waals surface area contributed by atoms with Crippen LogP contribution in [0.25, 0.3) is 0 Å². The summed E-state index contributed by atoms with van der Waals surface area (Å²) in [5.74, 6) is -3.85. The second kappa shape index (κ2) is 16.5. The zero-order valence-corrected chi connectivity index (χ0v) is 39.6. The minimum absolute atomic E-state index is 0.0170. The van der Waals surface area contributed by atoms with Crippen LogP contribution in [0.5, 0.6) is 0 Å². The molecule has 16 heteroatoms. The molecule has 5 aliphatic carbocycles. The minimum atomic E-state index is -2.55. The largest absolute Gasteiger partial charge is 0.469 e. The molecule has 0 aromatic carbocycles. The van der Waals surface area contributed by atoms with E-state index in [2.05, 4.69) is 41.5 Å². The van der Waals surface area contributed by atoms with Crippen molar-refractivity contribution < 1.29 is 61.9 Å². The molecule has 1 saturated heterocycles. The average Bonchev–Trinajstić information content (AvgIpc) is 3.14. The maximum Gasteiger partial charge on any atom is 0.359 e. The van der Waals surface area contributed by atoms with Crippen LogP contribution in [0.1, 0.15) is 127 Å². The fourth-order valence-electron chi connectivity index (χ4n) is 13.3. The molecule has 6 rings (SSSR count). The van der Waals surface area contributed by atoms with E-state index in [0.717, 1.165) is 52.4 Å². The van der Waals surface area contributed by atoms with Crippen molar-refractivity contribution in [1.82, 2.24) is 0 Å². The third-order valence-corrected chi connectivity index (χ3v) is 17.1. The minimum Gasteiger partial charge on any atom is -0.469 e. The number of rotatable bonds is 8. The predicted molar refractivity (Wildman–Crippen MR) is 223 cm³/mol. The first-order valence-electron chi connectivity index (χ1n) is 21.5. The lowest BCUT2D eigenvalue weighted by Crippen LogP contribution is -2.68. The maximum atomic E-state index is 15.0. The predicted octanol–water partition coefficient (Wildman–Crippen LogP) is 7.96. The first-order chi connectivity index (χ1) is 28.1. The van der Waals surface area contributed by atoms with Gasteiger partial charge in [0.15, 0.2) is 30.4 Å². The molecule has 0 N–H and O–H groups in total. The molecule has 1 heterocycles. The fraction of sp³-hybridized carbons (Fsp3) is 0.822. The summed E-state index contributed by atoms with van der Waals surface area (Å²) in [6.45, 7) is 18.5. The summed E-state index contributed by atoms with van der Waals surface area (Å²) in [5.41, 5.74) is -1.13. The number of carbonyl (C=O) groups excluding carboxylic acids is 6. The number of ketones is 1. The summed E-state index contributed by atoms with van der Waals surface area (Å²) in [6.07, 6.45) is 1.06. The summed E-state index contributed by atoms with van der Waals surface area (Å²) in [6, 6.07) is 0. The summed E-state index contributed by atoms with van der Waals surface area (Å²) in [4.78, 5) is 78.2.